The number of carbonyl (C=O) groups excluding carboxylic acids is 1. The van der Waals surface area contributed by atoms with Gasteiger partial charge in [-0.05, 0) is 12.5 Å². The molecule has 3 rings (SSSR count). The Kier molecular flexibility index (Phi) is 9.88. The van der Waals surface area contributed by atoms with Gasteiger partial charge in [0.2, 0.25) is 5.91 Å². The number of aromatic nitrogens is 1. The molecule has 1 amide bonds. The predicted octanol–water partition coefficient (Wildman–Crippen LogP) is 4.05. The summed E-state index contributed by atoms with van der Waals surface area (Å²) < 4.78 is 29.8. The molecule has 1 aliphatic rings. The number of halogens is 2. The molecule has 164 valence electrons. The fraction of sp³-hybridized carbons (Fsp3) is 0.409. The van der Waals surface area contributed by atoms with Crippen LogP contribution in [0.1, 0.15) is 62.0 Å². The highest BCUT2D eigenvalue weighted by Crippen LogP contribution is 2.21. The number of carboxylic acids is 1. The van der Waals surface area contributed by atoms with Crippen molar-refractivity contribution in [1.29, 1.82) is 0 Å². The van der Waals surface area contributed by atoms with Crippen LogP contribution in [0.4, 0.5) is 8.78 Å². The lowest BCUT2D eigenvalue weighted by Crippen LogP contribution is -2.25. The van der Waals surface area contributed by atoms with Crippen LogP contribution in [0.25, 0.3) is 0 Å². The predicted molar refractivity (Wildman–Crippen MR) is 110 cm³/mol. The van der Waals surface area contributed by atoms with Crippen LogP contribution in [-0.2, 0) is 17.9 Å². The lowest BCUT2D eigenvalue weighted by atomic mass is 10.1. The molecule has 1 aromatic heterocycles. The molecule has 0 aliphatic carbocycles. The van der Waals surface area contributed by atoms with Gasteiger partial charge in [0.05, 0.1) is 12.1 Å². The van der Waals surface area contributed by atoms with Crippen molar-refractivity contribution in [2.75, 3.05) is 6.54 Å². The molecular weight excluding hydrogens is 394 g/mol. The second kappa shape index (κ2) is 11.8. The lowest BCUT2D eigenvalue weighted by molar-refractivity contribution is -0.128. The maximum atomic E-state index is 14.4. The number of carboxylic acid groups (broad SMARTS) is 1. The molecule has 0 atom stereocenters. The van der Waals surface area contributed by atoms with Crippen LogP contribution in [-0.4, -0.2) is 33.0 Å². The van der Waals surface area contributed by atoms with Gasteiger partial charge < -0.3 is 14.6 Å². The van der Waals surface area contributed by atoms with Gasteiger partial charge in [0.15, 0.2) is 11.6 Å². The van der Waals surface area contributed by atoms with Crippen molar-refractivity contribution in [3.63, 3.8) is 0 Å². The SMILES string of the molecule is CC.CC.O=C(O)c1ccc(=O)n(Cc2ccc(CN3CCCC3=O)c(F)c2F)c1. The van der Waals surface area contributed by atoms with Crippen LogP contribution in [0.3, 0.4) is 0 Å². The first kappa shape index (κ1) is 25.0. The van der Waals surface area contributed by atoms with Crippen molar-refractivity contribution in [3.05, 3.63) is 69.1 Å². The molecule has 1 N–H and O–H groups in total. The molecule has 6 nitrogen and oxygen atoms in total. The Morgan fingerprint density at radius 1 is 0.967 bits per heavy atom. The van der Waals surface area contributed by atoms with Gasteiger partial charge in [0.1, 0.15) is 0 Å². The fourth-order valence-electron chi connectivity index (χ4n) is 2.92. The Labute approximate surface area is 174 Å². The highest BCUT2D eigenvalue weighted by atomic mass is 19.2. The molecule has 2 heterocycles. The molecule has 0 spiro atoms. The Morgan fingerprint density at radius 3 is 2.03 bits per heavy atom. The van der Waals surface area contributed by atoms with Gasteiger partial charge in [-0.25, -0.2) is 13.6 Å². The minimum Gasteiger partial charge on any atom is -0.478 e. The number of nitrogens with zero attached hydrogens (tertiary/aromatic N) is 2. The van der Waals surface area contributed by atoms with E-state index in [-0.39, 0.29) is 35.7 Å². The first-order valence-corrected chi connectivity index (χ1v) is 10.0. The summed E-state index contributed by atoms with van der Waals surface area (Å²) in [6.07, 6.45) is 2.19. The zero-order valence-electron chi connectivity index (χ0n) is 17.7. The van der Waals surface area contributed by atoms with Crippen LogP contribution in [0.2, 0.25) is 0 Å². The fourth-order valence-corrected chi connectivity index (χ4v) is 2.92. The number of aromatic carboxylic acids is 1. The van der Waals surface area contributed by atoms with Crippen LogP contribution in [0, 0.1) is 11.6 Å². The van der Waals surface area contributed by atoms with E-state index in [2.05, 4.69) is 0 Å². The average Bonchev–Trinajstić information content (AvgIpc) is 3.16. The largest absolute Gasteiger partial charge is 0.478 e. The molecule has 1 saturated heterocycles. The summed E-state index contributed by atoms with van der Waals surface area (Å²) in [7, 11) is 0. The molecule has 1 aromatic carbocycles. The first-order valence-electron chi connectivity index (χ1n) is 10.0. The molecule has 0 radical (unpaired) electrons. The third kappa shape index (κ3) is 5.98. The summed E-state index contributed by atoms with van der Waals surface area (Å²) in [4.78, 5) is 35.9. The van der Waals surface area contributed by atoms with Crippen molar-refractivity contribution in [1.82, 2.24) is 9.47 Å². The second-order valence-electron chi connectivity index (χ2n) is 6.12. The first-order chi connectivity index (χ1) is 14.4. The van der Waals surface area contributed by atoms with Crippen LogP contribution < -0.4 is 5.56 Å². The molecule has 8 heteroatoms. The molecule has 0 unspecified atom stereocenters. The maximum Gasteiger partial charge on any atom is 0.337 e. The second-order valence-corrected chi connectivity index (χ2v) is 6.12. The quantitative estimate of drug-likeness (QED) is 0.789. The van der Waals surface area contributed by atoms with Gasteiger partial charge in [-0.15, -0.1) is 0 Å². The Hall–Kier alpha value is -3.03. The van der Waals surface area contributed by atoms with E-state index in [0.29, 0.717) is 19.4 Å². The summed E-state index contributed by atoms with van der Waals surface area (Å²) in [6, 6.07) is 4.93. The summed E-state index contributed by atoms with van der Waals surface area (Å²) in [5.74, 6) is -3.49. The van der Waals surface area contributed by atoms with E-state index in [1.165, 1.54) is 17.0 Å². The number of carbonyl (C=O) groups is 2. The monoisotopic (exact) mass is 422 g/mol. The number of benzene rings is 1. The molecule has 1 fully saturated rings. The van der Waals surface area contributed by atoms with Crippen LogP contribution in [0.5, 0.6) is 0 Å². The highest BCUT2D eigenvalue weighted by Gasteiger charge is 2.23. The van der Waals surface area contributed by atoms with E-state index in [4.69, 9.17) is 5.11 Å². The third-order valence-electron chi connectivity index (χ3n) is 4.35. The van der Waals surface area contributed by atoms with E-state index < -0.39 is 23.2 Å². The molecule has 30 heavy (non-hydrogen) atoms. The van der Waals surface area contributed by atoms with Crippen molar-refractivity contribution in [2.24, 2.45) is 0 Å². The van der Waals surface area contributed by atoms with Gasteiger partial charge in [0.25, 0.3) is 5.56 Å². The zero-order chi connectivity index (χ0) is 22.8. The molecule has 0 bridgehead atoms. The van der Waals surface area contributed by atoms with Crippen molar-refractivity contribution in [2.45, 2.75) is 53.6 Å². The molecular formula is C22H28F2N2O4. The molecule has 2 aromatic rings. The third-order valence-corrected chi connectivity index (χ3v) is 4.35. The number of likely N-dealkylation sites (tertiary alicyclic amines) is 1. The number of hydrogen-bond acceptors (Lipinski definition) is 3. The molecule has 0 saturated carbocycles. The van der Waals surface area contributed by atoms with Gasteiger partial charge in [0, 0.05) is 42.9 Å². The van der Waals surface area contributed by atoms with Crippen LogP contribution >= 0.6 is 0 Å². The van der Waals surface area contributed by atoms with E-state index in [1.54, 1.807) is 0 Å². The summed E-state index contributed by atoms with van der Waals surface area (Å²) in [6.45, 7) is 8.21. The van der Waals surface area contributed by atoms with Gasteiger partial charge in [-0.1, -0.05) is 39.8 Å². The van der Waals surface area contributed by atoms with E-state index in [0.717, 1.165) is 22.9 Å². The molecule has 1 aliphatic heterocycles. The normalized spacial score (nSPS) is 12.6. The van der Waals surface area contributed by atoms with E-state index in [1.807, 2.05) is 27.7 Å². The number of amides is 1. The van der Waals surface area contributed by atoms with Gasteiger partial charge >= 0.3 is 5.97 Å². The highest BCUT2D eigenvalue weighted by molar-refractivity contribution is 5.87. The Bertz CT molecular complexity index is 941. The topological polar surface area (TPSA) is 79.6 Å². The van der Waals surface area contributed by atoms with Crippen molar-refractivity contribution < 1.29 is 23.5 Å². The Balaban J connectivity index is 0.00000106. The summed E-state index contributed by atoms with van der Waals surface area (Å²) in [5, 5.41) is 8.98. The van der Waals surface area contributed by atoms with Gasteiger partial charge in [-0.2, -0.15) is 0 Å². The number of pyridine rings is 1. The van der Waals surface area contributed by atoms with E-state index in [9.17, 15) is 23.2 Å². The standard InChI is InChI=1S/C18H16F2N2O4.2C2H6/c19-16-11(8-21-7-1-2-14(21)23)3-4-12(17(16)20)9-22-10-13(18(25)26)5-6-15(22)24;2*1-2/h3-6,10H,1-2,7-9H2,(H,25,26);2*1-2H3. The minimum absolute atomic E-state index is 0.00366. The van der Waals surface area contributed by atoms with Crippen molar-refractivity contribution in [3.8, 4) is 0 Å². The van der Waals surface area contributed by atoms with Crippen LogP contribution in [0.15, 0.2) is 35.3 Å². The Morgan fingerprint density at radius 2 is 1.53 bits per heavy atom. The zero-order valence-corrected chi connectivity index (χ0v) is 17.7. The minimum atomic E-state index is -1.23. The van der Waals surface area contributed by atoms with E-state index >= 15 is 0 Å². The van der Waals surface area contributed by atoms with Crippen molar-refractivity contribution >= 4 is 11.9 Å². The lowest BCUT2D eigenvalue weighted by Gasteiger charge is -2.17. The number of hydrogen-bond donors (Lipinski definition) is 1. The summed E-state index contributed by atoms with van der Waals surface area (Å²) in [5.41, 5.74) is -0.673. The summed E-state index contributed by atoms with van der Waals surface area (Å²) >= 11 is 0. The maximum absolute atomic E-state index is 14.4. The van der Waals surface area contributed by atoms with Gasteiger partial charge in [-0.3, -0.25) is 9.59 Å². The smallest absolute Gasteiger partial charge is 0.337 e. The average molecular weight is 422 g/mol. The number of rotatable bonds is 5.